The smallest absolute Gasteiger partial charge is 0.243 e. The molecular formula is C18H28N2O5S. The van der Waals surface area contributed by atoms with E-state index in [4.69, 9.17) is 9.47 Å². The topological polar surface area (TPSA) is 84.9 Å². The van der Waals surface area contributed by atoms with E-state index < -0.39 is 10.0 Å². The summed E-state index contributed by atoms with van der Waals surface area (Å²) in [5.41, 5.74) is 0. The normalized spacial score (nSPS) is 16.4. The Morgan fingerprint density at radius 2 is 1.88 bits per heavy atom. The van der Waals surface area contributed by atoms with Crippen LogP contribution in [0.4, 0.5) is 0 Å². The molecule has 1 aliphatic rings. The van der Waals surface area contributed by atoms with E-state index in [9.17, 15) is 13.2 Å². The van der Waals surface area contributed by atoms with E-state index in [-0.39, 0.29) is 16.7 Å². The summed E-state index contributed by atoms with van der Waals surface area (Å²) in [4.78, 5) is 12.4. The molecule has 0 aliphatic carbocycles. The molecule has 0 unspecified atom stereocenters. The van der Waals surface area contributed by atoms with Gasteiger partial charge in [0, 0.05) is 38.8 Å². The molecule has 0 spiro atoms. The van der Waals surface area contributed by atoms with Crippen LogP contribution in [0.25, 0.3) is 0 Å². The van der Waals surface area contributed by atoms with Gasteiger partial charge in [-0.25, -0.2) is 8.42 Å². The van der Waals surface area contributed by atoms with Gasteiger partial charge in [0.05, 0.1) is 12.0 Å². The summed E-state index contributed by atoms with van der Waals surface area (Å²) in [7, 11) is -2.00. The number of nitrogens with zero attached hydrogens (tertiary/aromatic N) is 1. The van der Waals surface area contributed by atoms with Crippen molar-refractivity contribution in [3.05, 3.63) is 24.3 Å². The molecule has 1 saturated heterocycles. The summed E-state index contributed by atoms with van der Waals surface area (Å²) >= 11 is 0. The van der Waals surface area contributed by atoms with Gasteiger partial charge in [-0.2, -0.15) is 4.31 Å². The van der Waals surface area contributed by atoms with Crippen molar-refractivity contribution in [1.82, 2.24) is 9.62 Å². The number of benzene rings is 1. The largest absolute Gasteiger partial charge is 0.497 e. The second-order valence-corrected chi connectivity index (χ2v) is 8.13. The number of rotatable bonds is 9. The maximum Gasteiger partial charge on any atom is 0.243 e. The number of ether oxygens (including phenoxy) is 2. The van der Waals surface area contributed by atoms with Crippen molar-refractivity contribution in [1.29, 1.82) is 0 Å². The number of amides is 1. The van der Waals surface area contributed by atoms with Crippen LogP contribution in [0.15, 0.2) is 29.2 Å². The Balaban J connectivity index is 1.83. The molecule has 2 rings (SSSR count). The van der Waals surface area contributed by atoms with Crippen molar-refractivity contribution in [3.63, 3.8) is 0 Å². The van der Waals surface area contributed by atoms with Crippen molar-refractivity contribution in [2.75, 3.05) is 40.0 Å². The molecule has 1 aromatic carbocycles. The van der Waals surface area contributed by atoms with Crippen LogP contribution in [0.3, 0.4) is 0 Å². The summed E-state index contributed by atoms with van der Waals surface area (Å²) in [6, 6.07) is 6.36. The van der Waals surface area contributed by atoms with Crippen molar-refractivity contribution >= 4 is 15.9 Å². The lowest BCUT2D eigenvalue weighted by Crippen LogP contribution is -2.43. The predicted molar refractivity (Wildman–Crippen MR) is 98.6 cm³/mol. The van der Waals surface area contributed by atoms with Gasteiger partial charge in [0.2, 0.25) is 15.9 Å². The van der Waals surface area contributed by atoms with Gasteiger partial charge in [-0.3, -0.25) is 4.79 Å². The van der Waals surface area contributed by atoms with Crippen LogP contribution in [0.2, 0.25) is 0 Å². The van der Waals surface area contributed by atoms with E-state index in [0.29, 0.717) is 51.4 Å². The number of nitrogens with one attached hydrogen (secondary N) is 1. The predicted octanol–water partition coefficient (Wildman–Crippen LogP) is 1.64. The lowest BCUT2D eigenvalue weighted by Gasteiger charge is -2.30. The maximum atomic E-state index is 12.7. The molecule has 1 fully saturated rings. The van der Waals surface area contributed by atoms with Crippen LogP contribution >= 0.6 is 0 Å². The van der Waals surface area contributed by atoms with Crippen molar-refractivity contribution < 1.29 is 22.7 Å². The first kappa shape index (κ1) is 20.7. The van der Waals surface area contributed by atoms with E-state index in [1.807, 2.05) is 6.92 Å². The first-order valence-electron chi connectivity index (χ1n) is 8.98. The fourth-order valence-electron chi connectivity index (χ4n) is 2.93. The van der Waals surface area contributed by atoms with Crippen LogP contribution in [-0.4, -0.2) is 58.6 Å². The molecule has 0 atom stereocenters. The van der Waals surface area contributed by atoms with Crippen molar-refractivity contribution in [2.45, 2.75) is 31.1 Å². The van der Waals surface area contributed by atoms with Crippen molar-refractivity contribution in [3.8, 4) is 5.75 Å². The Hall–Kier alpha value is -1.64. The number of carbonyl (C=O) groups excluding carboxylic acids is 1. The van der Waals surface area contributed by atoms with Gasteiger partial charge >= 0.3 is 0 Å². The highest BCUT2D eigenvalue weighted by atomic mass is 32.2. The van der Waals surface area contributed by atoms with Gasteiger partial charge in [-0.1, -0.05) is 0 Å². The highest BCUT2D eigenvalue weighted by Gasteiger charge is 2.31. The van der Waals surface area contributed by atoms with E-state index in [0.717, 1.165) is 6.42 Å². The SMILES string of the molecule is CCOCCCNC(=O)C1CCN(S(=O)(=O)c2ccc(OC)cc2)CC1. The van der Waals surface area contributed by atoms with Crippen LogP contribution < -0.4 is 10.1 Å². The second kappa shape index (κ2) is 9.89. The van der Waals surface area contributed by atoms with Crippen LogP contribution in [0.1, 0.15) is 26.2 Å². The molecule has 0 radical (unpaired) electrons. The molecule has 0 saturated carbocycles. The summed E-state index contributed by atoms with van der Waals surface area (Å²) < 4.78 is 37.2. The molecule has 0 aromatic heterocycles. The van der Waals surface area contributed by atoms with Gasteiger partial charge in [0.1, 0.15) is 5.75 Å². The fraction of sp³-hybridized carbons (Fsp3) is 0.611. The summed E-state index contributed by atoms with van der Waals surface area (Å²) in [5.74, 6) is 0.482. The minimum absolute atomic E-state index is 0.00277. The molecule has 1 N–H and O–H groups in total. The number of piperidine rings is 1. The standard InChI is InChI=1S/C18H28N2O5S/c1-3-25-14-4-11-19-18(21)15-9-12-20(13-10-15)26(22,23)17-7-5-16(24-2)6-8-17/h5-8,15H,3-4,9-14H2,1-2H3,(H,19,21). The van der Waals surface area contributed by atoms with Crippen molar-refractivity contribution in [2.24, 2.45) is 5.92 Å². The third kappa shape index (κ3) is 5.43. The van der Waals surface area contributed by atoms with Gasteiger partial charge < -0.3 is 14.8 Å². The summed E-state index contributed by atoms with van der Waals surface area (Å²) in [6.07, 6.45) is 1.85. The average Bonchev–Trinajstić information content (AvgIpc) is 2.67. The fourth-order valence-corrected chi connectivity index (χ4v) is 4.40. The Morgan fingerprint density at radius 3 is 2.46 bits per heavy atom. The van der Waals surface area contributed by atoms with Gasteiger partial charge in [0.15, 0.2) is 0 Å². The van der Waals surface area contributed by atoms with Crippen LogP contribution in [-0.2, 0) is 19.6 Å². The first-order chi connectivity index (χ1) is 12.5. The van der Waals surface area contributed by atoms with Crippen LogP contribution in [0, 0.1) is 5.92 Å². The third-order valence-corrected chi connectivity index (χ3v) is 6.40. The molecule has 0 bridgehead atoms. The zero-order valence-corrected chi connectivity index (χ0v) is 16.3. The molecule has 1 aromatic rings. The quantitative estimate of drug-likeness (QED) is 0.654. The third-order valence-electron chi connectivity index (χ3n) is 4.49. The Morgan fingerprint density at radius 1 is 1.23 bits per heavy atom. The maximum absolute atomic E-state index is 12.7. The van der Waals surface area contributed by atoms with Gasteiger partial charge in [0.25, 0.3) is 0 Å². The van der Waals surface area contributed by atoms with E-state index in [1.54, 1.807) is 24.3 Å². The highest BCUT2D eigenvalue weighted by Crippen LogP contribution is 2.25. The van der Waals surface area contributed by atoms with E-state index >= 15 is 0 Å². The minimum atomic E-state index is -3.53. The monoisotopic (exact) mass is 384 g/mol. The second-order valence-electron chi connectivity index (χ2n) is 6.20. The number of hydrogen-bond donors (Lipinski definition) is 1. The summed E-state index contributed by atoms with van der Waals surface area (Å²) in [5, 5.41) is 2.91. The van der Waals surface area contributed by atoms with E-state index in [2.05, 4.69) is 5.32 Å². The zero-order chi connectivity index (χ0) is 19.0. The lowest BCUT2D eigenvalue weighted by atomic mass is 9.97. The Labute approximate surface area is 155 Å². The molecular weight excluding hydrogens is 356 g/mol. The number of methoxy groups -OCH3 is 1. The number of carbonyl (C=O) groups is 1. The minimum Gasteiger partial charge on any atom is -0.497 e. The summed E-state index contributed by atoms with van der Waals surface area (Å²) in [6.45, 7) is 4.54. The number of sulfonamides is 1. The number of hydrogen-bond acceptors (Lipinski definition) is 5. The Bertz CT molecular complexity index is 667. The molecule has 1 heterocycles. The van der Waals surface area contributed by atoms with E-state index in [1.165, 1.54) is 11.4 Å². The zero-order valence-electron chi connectivity index (χ0n) is 15.4. The molecule has 26 heavy (non-hydrogen) atoms. The molecule has 8 heteroatoms. The average molecular weight is 384 g/mol. The molecule has 1 amide bonds. The van der Waals surface area contributed by atoms with Crippen LogP contribution in [0.5, 0.6) is 5.75 Å². The highest BCUT2D eigenvalue weighted by molar-refractivity contribution is 7.89. The van der Waals surface area contributed by atoms with Gasteiger partial charge in [-0.05, 0) is 50.5 Å². The molecule has 146 valence electrons. The molecule has 1 aliphatic heterocycles. The van der Waals surface area contributed by atoms with Gasteiger partial charge in [-0.15, -0.1) is 0 Å². The lowest BCUT2D eigenvalue weighted by molar-refractivity contribution is -0.126. The Kier molecular flexibility index (Phi) is 7.86. The first-order valence-corrected chi connectivity index (χ1v) is 10.4. The molecule has 7 nitrogen and oxygen atoms in total.